The molecule has 8 heterocycles. The van der Waals surface area contributed by atoms with Crippen molar-refractivity contribution in [1.82, 2.24) is 80.0 Å². The van der Waals surface area contributed by atoms with Crippen LogP contribution in [0.5, 0.6) is 11.5 Å². The number of aromatic amines is 4. The molecule has 4 aliphatic rings. The van der Waals surface area contributed by atoms with Gasteiger partial charge in [-0.05, 0) is 155 Å². The zero-order valence-electron chi connectivity index (χ0n) is 69.8. The number of hydrogen-bond donors (Lipinski definition) is 4. The molecule has 22 nitrogen and oxygen atoms in total. The third kappa shape index (κ3) is 29.1. The van der Waals surface area contributed by atoms with Gasteiger partial charge in [0.05, 0.1) is 14.2 Å². The standard InChI is InChI=1S/2C22H29F3N4O2.2C21H26F4N4O/c1-16-8-7-9-17(20(16)31-2)15-29(13-12-28-10-5-3-4-6-11-28)21(30)18-14-19(27-26-18)22(23,24)25;1-16-7-8-19(31-2)17(13-16)15-29(12-11-28-9-5-3-4-6-10-28)21(30)18-14-20(27-26-18)22(23,24)25;1-15-7-6-8-16(19(15)22)14-29(12-11-28-9-4-2-3-5-10-28)20(30)17-13-18(27-26-17)21(23,24)25;1-15-6-7-17(22)16(12-15)14-29(11-10-28-8-4-2-3-5-9-28)20(30)18-13-19(27-26-18)21(23,24)25/h7-9,14H,3-6,10-13,15H2,1-2H3,(H,26,27);7-8,13-14H,3-6,9-12,15H2,1-2H3,(H,26,27);6-8,13H,2-5,9-12,14H2,1H3,(H,26,27);6-7,12-13H,2-5,8-11,14H2,1H3,(H,26,27). The number of methoxy groups -OCH3 is 2. The second-order valence-corrected chi connectivity index (χ2v) is 31.3. The minimum atomic E-state index is -4.62. The number of ether oxygens (including phenoxy) is 2. The lowest BCUT2D eigenvalue weighted by Gasteiger charge is -2.27. The van der Waals surface area contributed by atoms with Crippen LogP contribution >= 0.6 is 0 Å². The number of rotatable bonds is 26. The SMILES string of the molecule is COc1c(C)cccc1CN(CCN1CCCCCC1)C(=O)c1cc(C(F)(F)F)[nH]n1.COc1ccc(C)cc1CN(CCN1CCCCCC1)C(=O)c1cc(C(F)(F)F)[nH]n1.Cc1ccc(F)c(CN(CCN2CCCCCC2)C(=O)c2cc(C(F)(F)F)[nH]n2)c1.Cc1cccc(CN(CCN2CCCCCC2)C(=O)c2cc(C(F)(F)F)[nH]n2)c1F. The minimum Gasteiger partial charge on any atom is -0.496 e. The molecule has 4 aromatic carbocycles. The molecule has 4 aromatic heterocycles. The maximum atomic E-state index is 14.5. The normalized spacial score (nSPS) is 15.6. The Bertz CT molecular complexity index is 4420. The van der Waals surface area contributed by atoms with E-state index < -0.39 is 82.7 Å². The number of aromatic nitrogens is 8. The van der Waals surface area contributed by atoms with Crippen LogP contribution in [0.15, 0.2) is 97.1 Å². The second kappa shape index (κ2) is 45.4. The van der Waals surface area contributed by atoms with E-state index in [9.17, 15) is 80.6 Å². The molecule has 122 heavy (non-hydrogen) atoms. The zero-order valence-corrected chi connectivity index (χ0v) is 69.8. The Kier molecular flexibility index (Phi) is 35.7. The molecule has 4 amide bonds. The fourth-order valence-corrected chi connectivity index (χ4v) is 15.1. The van der Waals surface area contributed by atoms with Gasteiger partial charge in [0.2, 0.25) is 0 Å². The van der Waals surface area contributed by atoms with E-state index in [2.05, 4.69) is 40.0 Å². The molecule has 0 saturated carbocycles. The van der Waals surface area contributed by atoms with Crippen molar-refractivity contribution in [3.63, 3.8) is 0 Å². The van der Waals surface area contributed by atoms with Crippen molar-refractivity contribution in [2.45, 2.75) is 181 Å². The monoisotopic (exact) mass is 1730 g/mol. The van der Waals surface area contributed by atoms with Gasteiger partial charge in [0.1, 0.15) is 45.9 Å². The Morgan fingerprint density at radius 2 is 0.639 bits per heavy atom. The molecule has 0 radical (unpaired) electrons. The highest BCUT2D eigenvalue weighted by atomic mass is 19.4. The van der Waals surface area contributed by atoms with Crippen LogP contribution < -0.4 is 9.47 Å². The summed E-state index contributed by atoms with van der Waals surface area (Å²) in [4.78, 5) is 67.1. The van der Waals surface area contributed by atoms with Crippen LogP contribution in [0.3, 0.4) is 0 Å². The molecular weight excluding hydrogens is 1620 g/mol. The van der Waals surface area contributed by atoms with Crippen LogP contribution in [0.25, 0.3) is 0 Å². The van der Waals surface area contributed by atoms with Gasteiger partial charge in [0.15, 0.2) is 22.8 Å². The lowest BCUT2D eigenvalue weighted by atomic mass is 10.1. The van der Waals surface area contributed by atoms with E-state index in [-0.39, 0.29) is 62.0 Å². The molecule has 4 saturated heterocycles. The summed E-state index contributed by atoms with van der Waals surface area (Å²) < 4.78 is 195. The Morgan fingerprint density at radius 3 is 0.951 bits per heavy atom. The zero-order chi connectivity index (χ0) is 88.3. The fraction of sp³-hybridized carbons (Fsp3) is 0.535. The lowest BCUT2D eigenvalue weighted by Crippen LogP contribution is -2.39. The van der Waals surface area contributed by atoms with Crippen LogP contribution in [0.4, 0.5) is 61.5 Å². The van der Waals surface area contributed by atoms with E-state index in [1.807, 2.05) is 77.6 Å². The highest BCUT2D eigenvalue weighted by Crippen LogP contribution is 2.34. The first-order valence-electron chi connectivity index (χ1n) is 41.4. The molecule has 4 aliphatic heterocycles. The predicted molar refractivity (Wildman–Crippen MR) is 431 cm³/mol. The quantitative estimate of drug-likeness (QED) is 0.0370. The molecule has 12 rings (SSSR count). The number of carbonyl (C=O) groups excluding carboxylic acids is 4. The van der Waals surface area contributed by atoms with Gasteiger partial charge in [-0.15, -0.1) is 0 Å². The van der Waals surface area contributed by atoms with Crippen LogP contribution in [0, 0.1) is 39.3 Å². The number of benzene rings is 4. The van der Waals surface area contributed by atoms with E-state index in [0.29, 0.717) is 79.6 Å². The number of nitrogens with zero attached hydrogens (tertiary/aromatic N) is 12. The Balaban J connectivity index is 0.000000185. The van der Waals surface area contributed by atoms with Crippen LogP contribution in [-0.2, 0) is 50.9 Å². The Hall–Kier alpha value is -9.94. The highest BCUT2D eigenvalue weighted by molar-refractivity contribution is 5.94. The molecule has 0 bridgehead atoms. The molecule has 0 aliphatic carbocycles. The van der Waals surface area contributed by atoms with Crippen molar-refractivity contribution in [3.05, 3.63) is 199 Å². The van der Waals surface area contributed by atoms with Crippen molar-refractivity contribution in [1.29, 1.82) is 0 Å². The summed E-state index contributed by atoms with van der Waals surface area (Å²) in [7, 11) is 3.12. The number of alkyl halides is 12. The smallest absolute Gasteiger partial charge is 0.432 e. The van der Waals surface area contributed by atoms with Crippen molar-refractivity contribution < 1.29 is 90.1 Å². The van der Waals surface area contributed by atoms with E-state index in [1.54, 1.807) is 61.3 Å². The Labute approximate surface area is 701 Å². The highest BCUT2D eigenvalue weighted by Gasteiger charge is 2.39. The molecule has 0 atom stereocenters. The summed E-state index contributed by atoms with van der Waals surface area (Å²) in [6.45, 7) is 19.1. The maximum Gasteiger partial charge on any atom is 0.432 e. The molecule has 4 fully saturated rings. The third-order valence-corrected chi connectivity index (χ3v) is 21.9. The van der Waals surface area contributed by atoms with Crippen molar-refractivity contribution >= 4 is 23.6 Å². The lowest BCUT2D eigenvalue weighted by molar-refractivity contribution is -0.142. The molecule has 4 N–H and O–H groups in total. The number of hydrogen-bond acceptors (Lipinski definition) is 14. The van der Waals surface area contributed by atoms with Crippen molar-refractivity contribution in [3.8, 4) is 11.5 Å². The number of halogens is 14. The number of likely N-dealkylation sites (tertiary alicyclic amines) is 4. The number of H-pyrrole nitrogens is 4. The number of carbonyl (C=O) groups is 4. The topological polar surface area (TPSA) is 227 Å². The van der Waals surface area contributed by atoms with Crippen molar-refractivity contribution in [2.24, 2.45) is 0 Å². The van der Waals surface area contributed by atoms with Gasteiger partial charge >= 0.3 is 24.7 Å². The number of nitrogens with one attached hydrogen (secondary N) is 4. The van der Waals surface area contributed by atoms with E-state index >= 15 is 0 Å². The van der Waals surface area contributed by atoms with Gasteiger partial charge in [-0.3, -0.25) is 39.6 Å². The van der Waals surface area contributed by atoms with E-state index in [0.717, 1.165) is 144 Å². The van der Waals surface area contributed by atoms with Crippen LogP contribution in [0.1, 0.15) is 212 Å². The summed E-state index contributed by atoms with van der Waals surface area (Å²) in [6, 6.07) is 23.8. The second-order valence-electron chi connectivity index (χ2n) is 31.3. The molecule has 36 heteroatoms. The fourth-order valence-electron chi connectivity index (χ4n) is 15.1. The van der Waals surface area contributed by atoms with Gasteiger partial charge in [-0.25, -0.2) is 8.78 Å². The summed E-state index contributed by atoms with van der Waals surface area (Å²) in [5.41, 5.74) is 0.120. The number of amides is 4. The molecule has 0 spiro atoms. The van der Waals surface area contributed by atoms with Gasteiger partial charge in [-0.2, -0.15) is 73.1 Å². The summed E-state index contributed by atoms with van der Waals surface area (Å²) in [5, 5.41) is 22.0. The van der Waals surface area contributed by atoms with E-state index in [4.69, 9.17) is 9.47 Å². The first-order chi connectivity index (χ1) is 58.1. The predicted octanol–water partition coefficient (Wildman–Crippen LogP) is 17.3. The van der Waals surface area contributed by atoms with Gasteiger partial charge in [0, 0.05) is 125 Å². The molecule has 8 aromatic rings. The van der Waals surface area contributed by atoms with Gasteiger partial charge < -0.3 is 48.7 Å². The average Bonchev–Trinajstić information content (AvgIpc) is 1.60. The number of para-hydroxylation sites is 1. The maximum absolute atomic E-state index is 14.5. The summed E-state index contributed by atoms with van der Waals surface area (Å²) >= 11 is 0. The first kappa shape index (κ1) is 95.9. The van der Waals surface area contributed by atoms with Crippen LogP contribution in [0.2, 0.25) is 0 Å². The molecule has 0 unspecified atom stereocenters. The van der Waals surface area contributed by atoms with Crippen molar-refractivity contribution in [2.75, 3.05) is 119 Å². The molecular formula is C86H110F14N16O6. The average molecular weight is 1730 g/mol. The number of aryl methyl sites for hydroxylation is 4. The van der Waals surface area contributed by atoms with Gasteiger partial charge in [0.25, 0.3) is 23.6 Å². The van der Waals surface area contributed by atoms with Crippen LogP contribution in [-0.4, -0.2) is 223 Å². The third-order valence-electron chi connectivity index (χ3n) is 21.9. The first-order valence-corrected chi connectivity index (χ1v) is 41.4. The largest absolute Gasteiger partial charge is 0.496 e. The Morgan fingerprint density at radius 1 is 0.352 bits per heavy atom. The summed E-state index contributed by atoms with van der Waals surface area (Å²) in [6.07, 6.45) is -0.137. The van der Waals surface area contributed by atoms with E-state index in [1.165, 1.54) is 67.2 Å². The summed E-state index contributed by atoms with van der Waals surface area (Å²) in [5.74, 6) is -1.94. The van der Waals surface area contributed by atoms with Gasteiger partial charge in [-0.1, -0.05) is 123 Å². The minimum absolute atomic E-state index is 0.0333. The molecule has 668 valence electrons.